The molecular formula is C14H16N6O4S. The lowest BCUT2D eigenvalue weighted by atomic mass is 10.1. The summed E-state index contributed by atoms with van der Waals surface area (Å²) in [5.74, 6) is 0.497. The number of aliphatic hydroxyl groups is 3. The summed E-state index contributed by atoms with van der Waals surface area (Å²) in [6.07, 6.45) is -4.48. The summed E-state index contributed by atoms with van der Waals surface area (Å²) in [4.78, 5) is 12.6. The molecule has 0 aromatic carbocycles. The van der Waals surface area contributed by atoms with Gasteiger partial charge in [-0.3, -0.25) is 4.57 Å². The van der Waals surface area contributed by atoms with Gasteiger partial charge in [-0.15, -0.1) is 0 Å². The fraction of sp³-hybridized carbons (Fsp3) is 0.357. The van der Waals surface area contributed by atoms with Crippen LogP contribution in [0.15, 0.2) is 16.8 Å². The predicted octanol–water partition coefficient (Wildman–Crippen LogP) is -0.669. The summed E-state index contributed by atoms with van der Waals surface area (Å²) in [7, 11) is 0. The largest absolute Gasteiger partial charge is 0.394 e. The molecule has 0 saturated carbocycles. The van der Waals surface area contributed by atoms with Gasteiger partial charge in [0, 0.05) is 10.9 Å². The number of nitrogens with two attached hydrogens (primary N) is 2. The number of fused-ring (bicyclic) bond motifs is 1. The molecule has 4 rings (SSSR count). The number of anilines is 2. The molecule has 25 heavy (non-hydrogen) atoms. The second-order valence-corrected chi connectivity index (χ2v) is 6.47. The number of imidazole rings is 1. The zero-order chi connectivity index (χ0) is 17.7. The highest BCUT2D eigenvalue weighted by atomic mass is 32.1. The molecule has 132 valence electrons. The molecule has 7 N–H and O–H groups in total. The van der Waals surface area contributed by atoms with E-state index in [1.165, 1.54) is 15.9 Å². The van der Waals surface area contributed by atoms with Gasteiger partial charge in [0.05, 0.1) is 6.61 Å². The van der Waals surface area contributed by atoms with Gasteiger partial charge in [-0.05, 0) is 11.4 Å². The molecule has 0 amide bonds. The molecule has 0 unspecified atom stereocenters. The topological polar surface area (TPSA) is 166 Å². The van der Waals surface area contributed by atoms with Gasteiger partial charge < -0.3 is 31.5 Å². The molecule has 11 heteroatoms. The van der Waals surface area contributed by atoms with Crippen molar-refractivity contribution in [2.24, 2.45) is 0 Å². The molecule has 1 saturated heterocycles. The van der Waals surface area contributed by atoms with Crippen LogP contribution >= 0.6 is 11.3 Å². The zero-order valence-corrected chi connectivity index (χ0v) is 13.7. The Morgan fingerprint density at radius 3 is 2.64 bits per heavy atom. The van der Waals surface area contributed by atoms with Crippen molar-refractivity contribution < 1.29 is 20.1 Å². The minimum Gasteiger partial charge on any atom is -0.394 e. The first kappa shape index (κ1) is 16.2. The van der Waals surface area contributed by atoms with Gasteiger partial charge in [0.15, 0.2) is 23.2 Å². The van der Waals surface area contributed by atoms with E-state index in [-0.39, 0.29) is 17.4 Å². The molecule has 3 aromatic heterocycles. The number of rotatable bonds is 3. The highest BCUT2D eigenvalue weighted by Gasteiger charge is 2.45. The highest BCUT2D eigenvalue weighted by Crippen LogP contribution is 2.37. The van der Waals surface area contributed by atoms with Crippen molar-refractivity contribution in [1.82, 2.24) is 19.5 Å². The SMILES string of the molecule is Nc1nc(N)c2nc(-c3ccsc3)n([C@@H]3O[C@H](CO)[C@@H](O)[C@H]3O)c2n1. The fourth-order valence-corrected chi connectivity index (χ4v) is 3.58. The molecule has 0 bridgehead atoms. The Balaban J connectivity index is 1.96. The number of nitrogen functional groups attached to an aromatic ring is 2. The second-order valence-electron chi connectivity index (χ2n) is 5.69. The minimum atomic E-state index is -1.29. The van der Waals surface area contributed by atoms with Crippen molar-refractivity contribution in [3.63, 3.8) is 0 Å². The van der Waals surface area contributed by atoms with E-state index in [4.69, 9.17) is 16.2 Å². The zero-order valence-electron chi connectivity index (χ0n) is 12.9. The number of aliphatic hydroxyl groups excluding tert-OH is 3. The Labute approximate surface area is 145 Å². The van der Waals surface area contributed by atoms with E-state index < -0.39 is 31.1 Å². The number of hydrogen-bond donors (Lipinski definition) is 5. The van der Waals surface area contributed by atoms with E-state index in [0.29, 0.717) is 11.3 Å². The number of aromatic nitrogens is 4. The number of nitrogens with zero attached hydrogens (tertiary/aromatic N) is 4. The van der Waals surface area contributed by atoms with Crippen molar-refractivity contribution in [3.05, 3.63) is 16.8 Å². The summed E-state index contributed by atoms with van der Waals surface area (Å²) in [6, 6.07) is 1.84. The lowest BCUT2D eigenvalue weighted by Crippen LogP contribution is -2.33. The third-order valence-electron chi connectivity index (χ3n) is 4.13. The number of hydrogen-bond acceptors (Lipinski definition) is 10. The lowest BCUT2D eigenvalue weighted by molar-refractivity contribution is -0.0503. The molecular weight excluding hydrogens is 348 g/mol. The third-order valence-corrected chi connectivity index (χ3v) is 4.82. The molecule has 1 fully saturated rings. The van der Waals surface area contributed by atoms with E-state index in [1.807, 2.05) is 16.8 Å². The predicted molar refractivity (Wildman–Crippen MR) is 90.5 cm³/mol. The molecule has 0 spiro atoms. The first-order valence-electron chi connectivity index (χ1n) is 7.47. The molecule has 0 radical (unpaired) electrons. The fourth-order valence-electron chi connectivity index (χ4n) is 2.94. The molecule has 3 aromatic rings. The van der Waals surface area contributed by atoms with E-state index >= 15 is 0 Å². The van der Waals surface area contributed by atoms with Crippen LogP contribution in [0.4, 0.5) is 11.8 Å². The van der Waals surface area contributed by atoms with E-state index in [1.54, 1.807) is 0 Å². The maximum atomic E-state index is 10.4. The lowest BCUT2D eigenvalue weighted by Gasteiger charge is -2.19. The van der Waals surface area contributed by atoms with Crippen LogP contribution in [0.2, 0.25) is 0 Å². The quantitative estimate of drug-likeness (QED) is 0.405. The van der Waals surface area contributed by atoms with Gasteiger partial charge in [0.25, 0.3) is 0 Å². The summed E-state index contributed by atoms with van der Waals surface area (Å²) in [6.45, 7) is -0.436. The molecule has 4 atom stereocenters. The first-order chi connectivity index (χ1) is 12.0. The first-order valence-corrected chi connectivity index (χ1v) is 8.41. The van der Waals surface area contributed by atoms with Crippen LogP contribution in [0, 0.1) is 0 Å². The Hall–Kier alpha value is -2.31. The maximum Gasteiger partial charge on any atom is 0.224 e. The monoisotopic (exact) mass is 364 g/mol. The smallest absolute Gasteiger partial charge is 0.224 e. The van der Waals surface area contributed by atoms with Crippen molar-refractivity contribution >= 4 is 34.3 Å². The molecule has 4 heterocycles. The van der Waals surface area contributed by atoms with E-state index in [2.05, 4.69) is 15.0 Å². The molecule has 0 aliphatic carbocycles. The molecule has 10 nitrogen and oxygen atoms in total. The maximum absolute atomic E-state index is 10.4. The Morgan fingerprint density at radius 1 is 1.20 bits per heavy atom. The van der Waals surface area contributed by atoms with Crippen molar-refractivity contribution in [3.8, 4) is 11.4 Å². The van der Waals surface area contributed by atoms with E-state index in [9.17, 15) is 15.3 Å². The van der Waals surface area contributed by atoms with Crippen LogP contribution in [0.1, 0.15) is 6.23 Å². The van der Waals surface area contributed by atoms with Crippen LogP contribution in [0.25, 0.3) is 22.6 Å². The van der Waals surface area contributed by atoms with Crippen LogP contribution in [0.5, 0.6) is 0 Å². The Bertz CT molecular complexity index is 914. The normalized spacial score (nSPS) is 26.5. The standard InChI is InChI=1S/C14H16N6O4S/c15-10-7-12(19-14(16)18-10)20(11(17-7)5-1-2-25-4-5)13-9(23)8(22)6(3-21)24-13/h1-2,4,6,8-9,13,21-23H,3H2,(H4,15,16,18,19)/t6-,8-,9-,13-/m1/s1. The summed E-state index contributed by atoms with van der Waals surface area (Å²) in [5, 5.41) is 33.6. The molecule has 1 aliphatic heterocycles. The van der Waals surface area contributed by atoms with Crippen molar-refractivity contribution in [2.75, 3.05) is 18.1 Å². The van der Waals surface area contributed by atoms with Gasteiger partial charge >= 0.3 is 0 Å². The summed E-state index contributed by atoms with van der Waals surface area (Å²) >= 11 is 1.47. The average Bonchev–Trinajstić information content (AvgIpc) is 3.27. The van der Waals surface area contributed by atoms with Gasteiger partial charge in [-0.1, -0.05) is 0 Å². The van der Waals surface area contributed by atoms with Gasteiger partial charge in [-0.2, -0.15) is 21.3 Å². The summed E-state index contributed by atoms with van der Waals surface area (Å²) < 4.78 is 7.16. The number of thiophene rings is 1. The van der Waals surface area contributed by atoms with Crippen molar-refractivity contribution in [2.45, 2.75) is 24.5 Å². The van der Waals surface area contributed by atoms with Crippen LogP contribution in [0.3, 0.4) is 0 Å². The number of ether oxygens (including phenoxy) is 1. The van der Waals surface area contributed by atoms with Crippen LogP contribution in [-0.2, 0) is 4.74 Å². The van der Waals surface area contributed by atoms with Crippen LogP contribution < -0.4 is 11.5 Å². The third kappa shape index (κ3) is 2.44. The minimum absolute atomic E-state index is 0.0465. The van der Waals surface area contributed by atoms with Gasteiger partial charge in [0.2, 0.25) is 5.95 Å². The van der Waals surface area contributed by atoms with Crippen molar-refractivity contribution in [1.29, 1.82) is 0 Å². The highest BCUT2D eigenvalue weighted by molar-refractivity contribution is 7.08. The summed E-state index contributed by atoms with van der Waals surface area (Å²) in [5.41, 5.74) is 13.0. The Morgan fingerprint density at radius 2 is 2.00 bits per heavy atom. The second kappa shape index (κ2) is 5.89. The van der Waals surface area contributed by atoms with Gasteiger partial charge in [0.1, 0.15) is 24.1 Å². The van der Waals surface area contributed by atoms with Gasteiger partial charge in [-0.25, -0.2) is 4.98 Å². The molecule has 1 aliphatic rings. The Kier molecular flexibility index (Phi) is 3.81. The van der Waals surface area contributed by atoms with Crippen LogP contribution in [-0.4, -0.2) is 59.8 Å². The average molecular weight is 364 g/mol. The van der Waals surface area contributed by atoms with E-state index in [0.717, 1.165) is 5.56 Å².